The smallest absolute Gasteiger partial charge is 0.242 e. The number of amides is 1. The molecule has 0 radical (unpaired) electrons. The van der Waals surface area contributed by atoms with E-state index < -0.39 is 15.1 Å². The first kappa shape index (κ1) is 8.44. The topological polar surface area (TPSA) is 43.1 Å². The molecule has 10 heavy (non-hydrogen) atoms. The molecule has 0 bridgehead atoms. The van der Waals surface area contributed by atoms with Crippen molar-refractivity contribution in [1.29, 1.82) is 0 Å². The summed E-state index contributed by atoms with van der Waals surface area (Å²) in [5.41, 5.74) is 4.96. The lowest BCUT2D eigenvalue weighted by Gasteiger charge is -2.01. The lowest BCUT2D eigenvalue weighted by Crippen LogP contribution is -2.30. The molecule has 1 saturated carbocycles. The van der Waals surface area contributed by atoms with Gasteiger partial charge >= 0.3 is 0 Å². The van der Waals surface area contributed by atoms with Crippen LogP contribution in [-0.2, 0) is 4.79 Å². The molecule has 1 rings (SSSR count). The van der Waals surface area contributed by atoms with Crippen molar-refractivity contribution in [3.63, 3.8) is 0 Å². The largest absolute Gasteiger partial charge is 0.368 e. The summed E-state index contributed by atoms with van der Waals surface area (Å²) in [6, 6.07) is 0. The van der Waals surface area contributed by atoms with Gasteiger partial charge in [-0.3, -0.25) is 4.79 Å². The molecule has 0 aromatic heterocycles. The molecule has 1 amide bonds. The Kier molecular flexibility index (Phi) is 1.63. The van der Waals surface area contributed by atoms with E-state index in [4.69, 9.17) is 40.5 Å². The molecule has 0 aromatic carbocycles. The van der Waals surface area contributed by atoms with Gasteiger partial charge < -0.3 is 5.73 Å². The van der Waals surface area contributed by atoms with Crippen LogP contribution in [-0.4, -0.2) is 15.1 Å². The van der Waals surface area contributed by atoms with Gasteiger partial charge in [0, 0.05) is 5.92 Å². The number of halogens is 3. The number of hydrogen-bond acceptors (Lipinski definition) is 1. The Labute approximate surface area is 73.6 Å². The van der Waals surface area contributed by atoms with E-state index in [1.165, 1.54) is 0 Å². The molecular formula is C5H6Cl3NO. The summed E-state index contributed by atoms with van der Waals surface area (Å²) in [4.78, 5) is 9.38. The Morgan fingerprint density at radius 2 is 1.80 bits per heavy atom. The zero-order valence-corrected chi connectivity index (χ0v) is 7.46. The number of hydrogen-bond donors (Lipinski definition) is 1. The second-order valence-corrected chi connectivity index (χ2v) is 4.40. The molecule has 2 nitrogen and oxygen atoms in total. The highest BCUT2D eigenvalue weighted by molar-refractivity contribution is 6.62. The molecule has 1 fully saturated rings. The Morgan fingerprint density at radius 1 is 1.50 bits per heavy atom. The van der Waals surface area contributed by atoms with Crippen LogP contribution in [0, 0.1) is 5.92 Å². The molecule has 0 saturated heterocycles. The maximum atomic E-state index is 10.6. The van der Waals surface area contributed by atoms with E-state index in [2.05, 4.69) is 0 Å². The van der Waals surface area contributed by atoms with Crippen LogP contribution in [0.25, 0.3) is 0 Å². The van der Waals surface area contributed by atoms with Crippen LogP contribution in [0.1, 0.15) is 6.92 Å². The fourth-order valence-electron chi connectivity index (χ4n) is 0.911. The third-order valence-corrected chi connectivity index (χ3v) is 4.16. The first-order chi connectivity index (χ1) is 4.35. The highest BCUT2D eigenvalue weighted by Gasteiger charge is 2.77. The summed E-state index contributed by atoms with van der Waals surface area (Å²) in [6.45, 7) is 1.68. The van der Waals surface area contributed by atoms with Gasteiger partial charge in [0.1, 0.15) is 0 Å². The number of rotatable bonds is 1. The number of carbonyl (C=O) groups is 1. The van der Waals surface area contributed by atoms with E-state index in [9.17, 15) is 4.79 Å². The summed E-state index contributed by atoms with van der Waals surface area (Å²) >= 11 is 16.9. The summed E-state index contributed by atoms with van der Waals surface area (Å²) in [5, 5.41) is 0. The number of primary amides is 1. The molecule has 0 aliphatic heterocycles. The fourth-order valence-corrected chi connectivity index (χ4v) is 2.03. The van der Waals surface area contributed by atoms with Gasteiger partial charge in [-0.1, -0.05) is 30.1 Å². The quantitative estimate of drug-likeness (QED) is 0.640. The minimum Gasteiger partial charge on any atom is -0.368 e. The molecule has 0 heterocycles. The van der Waals surface area contributed by atoms with Crippen molar-refractivity contribution in [3.05, 3.63) is 0 Å². The molecule has 58 valence electrons. The number of alkyl halides is 3. The molecule has 1 aliphatic rings. The van der Waals surface area contributed by atoms with Crippen molar-refractivity contribution in [1.82, 2.24) is 0 Å². The van der Waals surface area contributed by atoms with Crippen LogP contribution in [0.3, 0.4) is 0 Å². The second-order valence-electron chi connectivity index (χ2n) is 2.42. The summed E-state index contributed by atoms with van der Waals surface area (Å²) in [6.07, 6.45) is 0. The Bertz CT molecular complexity index is 193. The summed E-state index contributed by atoms with van der Waals surface area (Å²) in [5.74, 6) is -0.936. The minimum atomic E-state index is -1.25. The van der Waals surface area contributed by atoms with E-state index in [1.54, 1.807) is 6.92 Å². The molecule has 0 spiro atoms. The van der Waals surface area contributed by atoms with Gasteiger partial charge in [0.15, 0.2) is 9.21 Å². The zero-order chi connectivity index (χ0) is 8.15. The van der Waals surface area contributed by atoms with Crippen LogP contribution in [0.2, 0.25) is 0 Å². The maximum absolute atomic E-state index is 10.6. The van der Waals surface area contributed by atoms with E-state index in [0.29, 0.717) is 0 Å². The fraction of sp³-hybridized carbons (Fsp3) is 0.800. The Hall–Kier alpha value is 0.340. The summed E-state index contributed by atoms with van der Waals surface area (Å²) < 4.78 is -1.18. The molecular weight excluding hydrogens is 196 g/mol. The van der Waals surface area contributed by atoms with Crippen LogP contribution < -0.4 is 5.73 Å². The van der Waals surface area contributed by atoms with E-state index >= 15 is 0 Å². The van der Waals surface area contributed by atoms with Gasteiger partial charge in [-0.2, -0.15) is 0 Å². The highest BCUT2D eigenvalue weighted by atomic mass is 35.5. The van der Waals surface area contributed by atoms with Crippen molar-refractivity contribution in [2.45, 2.75) is 16.1 Å². The monoisotopic (exact) mass is 201 g/mol. The van der Waals surface area contributed by atoms with Crippen molar-refractivity contribution in [2.75, 3.05) is 0 Å². The standard InChI is InChI=1S/C5H6Cl3NO/c1-2-4(6,3(9)10)5(2,7)8/h2H,1H3,(H2,9,10). The van der Waals surface area contributed by atoms with Crippen molar-refractivity contribution < 1.29 is 4.79 Å². The second kappa shape index (κ2) is 1.93. The van der Waals surface area contributed by atoms with Crippen molar-refractivity contribution in [2.24, 2.45) is 11.7 Å². The van der Waals surface area contributed by atoms with Crippen LogP contribution in [0.15, 0.2) is 0 Å². The van der Waals surface area contributed by atoms with E-state index in [0.717, 1.165) is 0 Å². The Balaban J connectivity index is 2.88. The third kappa shape index (κ3) is 0.700. The predicted molar refractivity (Wildman–Crippen MR) is 41.4 cm³/mol. The average molecular weight is 202 g/mol. The van der Waals surface area contributed by atoms with Crippen LogP contribution >= 0.6 is 34.8 Å². The Morgan fingerprint density at radius 3 is 1.80 bits per heavy atom. The van der Waals surface area contributed by atoms with Crippen molar-refractivity contribution in [3.8, 4) is 0 Å². The van der Waals surface area contributed by atoms with Gasteiger partial charge in [0.2, 0.25) is 5.91 Å². The summed E-state index contributed by atoms with van der Waals surface area (Å²) in [7, 11) is 0. The van der Waals surface area contributed by atoms with Crippen LogP contribution in [0.4, 0.5) is 0 Å². The highest BCUT2D eigenvalue weighted by Crippen LogP contribution is 2.65. The molecule has 0 aromatic rings. The first-order valence-corrected chi connectivity index (χ1v) is 3.85. The average Bonchev–Trinajstić information content (AvgIpc) is 2.16. The SMILES string of the molecule is CC1C(Cl)(Cl)C1(Cl)C(N)=O. The van der Waals surface area contributed by atoms with Gasteiger partial charge in [0.05, 0.1) is 0 Å². The van der Waals surface area contributed by atoms with E-state index in [-0.39, 0.29) is 5.92 Å². The van der Waals surface area contributed by atoms with Gasteiger partial charge in [-0.15, -0.1) is 11.6 Å². The molecule has 2 N–H and O–H groups in total. The first-order valence-electron chi connectivity index (χ1n) is 2.71. The maximum Gasteiger partial charge on any atom is 0.242 e. The van der Waals surface area contributed by atoms with Gasteiger partial charge in [-0.25, -0.2) is 0 Å². The third-order valence-electron chi connectivity index (χ3n) is 1.90. The van der Waals surface area contributed by atoms with Gasteiger partial charge in [0.25, 0.3) is 0 Å². The minimum absolute atomic E-state index is 0.275. The predicted octanol–water partition coefficient (Wildman–Crippen LogP) is 1.27. The van der Waals surface area contributed by atoms with Crippen LogP contribution in [0.5, 0.6) is 0 Å². The zero-order valence-electron chi connectivity index (χ0n) is 5.20. The molecule has 2 unspecified atom stereocenters. The number of carbonyl (C=O) groups excluding carboxylic acids is 1. The molecule has 1 aliphatic carbocycles. The molecule has 2 atom stereocenters. The van der Waals surface area contributed by atoms with Crippen molar-refractivity contribution >= 4 is 40.7 Å². The number of nitrogens with two attached hydrogens (primary N) is 1. The van der Waals surface area contributed by atoms with E-state index in [1.807, 2.05) is 0 Å². The lowest BCUT2D eigenvalue weighted by atomic mass is 10.3. The normalized spacial score (nSPS) is 43.0. The molecule has 5 heteroatoms. The van der Waals surface area contributed by atoms with Gasteiger partial charge in [-0.05, 0) is 0 Å². The lowest BCUT2D eigenvalue weighted by molar-refractivity contribution is -0.118.